The van der Waals surface area contributed by atoms with E-state index in [1.807, 2.05) is 0 Å². The first-order chi connectivity index (χ1) is 15.4. The van der Waals surface area contributed by atoms with Crippen LogP contribution in [0.3, 0.4) is 0 Å². The van der Waals surface area contributed by atoms with Crippen molar-refractivity contribution in [2.75, 3.05) is 24.7 Å². The fourth-order valence-electron chi connectivity index (χ4n) is 3.44. The van der Waals surface area contributed by atoms with E-state index in [2.05, 4.69) is 65.8 Å². The Morgan fingerprint density at radius 1 is 1.15 bits per heavy atom. The van der Waals surface area contributed by atoms with Crippen LogP contribution in [0.5, 0.6) is 5.75 Å². The minimum Gasteiger partial charge on any atom is -0.505 e. The standard InChI is InChI=1S/C24H31N5O2S2/c1-13(2)15-10-11-16(19(30)18(15)23(31)29(7)8)25-21-22(28-33-27-21)26-20(24(4,5)6)17-12-9-14(3)32-17/h9-12,20,30H,1H2,2-8H3,(H,25,27)(H,26,28)/t20-/m0/s1. The van der Waals surface area contributed by atoms with Gasteiger partial charge in [-0.1, -0.05) is 39.0 Å². The van der Waals surface area contributed by atoms with Crippen molar-refractivity contribution in [3.8, 4) is 5.75 Å². The van der Waals surface area contributed by atoms with E-state index in [0.717, 1.165) is 11.7 Å². The minimum absolute atomic E-state index is 0.0194. The van der Waals surface area contributed by atoms with E-state index in [1.165, 1.54) is 14.7 Å². The molecule has 3 aromatic rings. The third-order valence-electron chi connectivity index (χ3n) is 5.19. The van der Waals surface area contributed by atoms with Crippen LogP contribution in [0.4, 0.5) is 17.3 Å². The zero-order valence-electron chi connectivity index (χ0n) is 20.1. The van der Waals surface area contributed by atoms with Gasteiger partial charge in [0.1, 0.15) is 0 Å². The molecule has 2 aromatic heterocycles. The molecule has 0 spiro atoms. The molecule has 0 bridgehead atoms. The number of amides is 1. The fraction of sp³-hybridized carbons (Fsp3) is 0.375. The maximum Gasteiger partial charge on any atom is 0.257 e. The third kappa shape index (κ3) is 5.36. The number of allylic oxidation sites excluding steroid dienone is 1. The summed E-state index contributed by atoms with van der Waals surface area (Å²) in [5.41, 5.74) is 1.80. The number of hydrogen-bond acceptors (Lipinski definition) is 8. The summed E-state index contributed by atoms with van der Waals surface area (Å²) < 4.78 is 8.84. The van der Waals surface area contributed by atoms with Crippen molar-refractivity contribution in [1.82, 2.24) is 13.6 Å². The smallest absolute Gasteiger partial charge is 0.257 e. The molecule has 0 saturated carbocycles. The van der Waals surface area contributed by atoms with Crippen LogP contribution in [0, 0.1) is 12.3 Å². The van der Waals surface area contributed by atoms with Crippen molar-refractivity contribution < 1.29 is 9.90 Å². The molecule has 2 heterocycles. The number of phenolic OH excluding ortho intramolecular Hbond substituents is 1. The highest BCUT2D eigenvalue weighted by atomic mass is 32.1. The number of anilines is 3. The molecule has 0 aliphatic heterocycles. The first-order valence-corrected chi connectivity index (χ1v) is 12.1. The first kappa shape index (κ1) is 24.7. The number of hydrogen-bond donors (Lipinski definition) is 3. The maximum atomic E-state index is 12.8. The third-order valence-corrected chi connectivity index (χ3v) is 6.79. The molecule has 33 heavy (non-hydrogen) atoms. The molecule has 0 fully saturated rings. The zero-order chi connectivity index (χ0) is 24.5. The monoisotopic (exact) mass is 485 g/mol. The van der Waals surface area contributed by atoms with Crippen molar-refractivity contribution in [3.05, 3.63) is 51.7 Å². The lowest BCUT2D eigenvalue weighted by Gasteiger charge is -2.31. The van der Waals surface area contributed by atoms with Crippen LogP contribution in [0.1, 0.15) is 59.4 Å². The summed E-state index contributed by atoms with van der Waals surface area (Å²) in [6.45, 7) is 14.4. The Kier molecular flexibility index (Phi) is 7.14. The molecule has 0 aliphatic rings. The van der Waals surface area contributed by atoms with Crippen molar-refractivity contribution in [3.63, 3.8) is 0 Å². The molecule has 176 valence electrons. The molecule has 1 aromatic carbocycles. The van der Waals surface area contributed by atoms with Crippen LogP contribution in [0.15, 0.2) is 30.8 Å². The summed E-state index contributed by atoms with van der Waals surface area (Å²) in [7, 11) is 3.30. The van der Waals surface area contributed by atoms with Gasteiger partial charge in [-0.3, -0.25) is 4.79 Å². The average Bonchev–Trinajstić information content (AvgIpc) is 3.34. The second-order valence-electron chi connectivity index (χ2n) is 9.34. The van der Waals surface area contributed by atoms with Gasteiger partial charge in [0.2, 0.25) is 0 Å². The van der Waals surface area contributed by atoms with Crippen LogP contribution in [-0.2, 0) is 0 Å². The molecule has 1 amide bonds. The molecule has 1 atom stereocenters. The largest absolute Gasteiger partial charge is 0.505 e. The van der Waals surface area contributed by atoms with Gasteiger partial charge in [-0.2, -0.15) is 8.75 Å². The van der Waals surface area contributed by atoms with E-state index in [4.69, 9.17) is 0 Å². The van der Waals surface area contributed by atoms with Crippen LogP contribution >= 0.6 is 23.1 Å². The number of rotatable bonds is 7. The quantitative estimate of drug-likeness (QED) is 0.341. The molecule has 0 saturated heterocycles. The summed E-state index contributed by atoms with van der Waals surface area (Å²) >= 11 is 2.83. The summed E-state index contributed by atoms with van der Waals surface area (Å²) in [5, 5.41) is 17.7. The van der Waals surface area contributed by atoms with E-state index < -0.39 is 0 Å². The number of nitrogens with zero attached hydrogens (tertiary/aromatic N) is 3. The normalized spacial score (nSPS) is 12.3. The van der Waals surface area contributed by atoms with E-state index >= 15 is 0 Å². The molecule has 7 nitrogen and oxygen atoms in total. The Hall–Kier alpha value is -2.91. The van der Waals surface area contributed by atoms with E-state index in [1.54, 1.807) is 44.5 Å². The van der Waals surface area contributed by atoms with Crippen LogP contribution < -0.4 is 10.6 Å². The SMILES string of the molecule is C=C(C)c1ccc(Nc2nsnc2N[C@@H](c2ccc(C)s2)C(C)(C)C)c(O)c1C(=O)N(C)C. The van der Waals surface area contributed by atoms with Crippen LogP contribution in [-0.4, -0.2) is 38.8 Å². The Balaban J connectivity index is 1.97. The van der Waals surface area contributed by atoms with E-state index in [9.17, 15) is 9.90 Å². The second-order valence-corrected chi connectivity index (χ2v) is 11.2. The van der Waals surface area contributed by atoms with Gasteiger partial charge in [-0.15, -0.1) is 11.3 Å². The lowest BCUT2D eigenvalue weighted by atomic mass is 9.86. The molecule has 3 N–H and O–H groups in total. The summed E-state index contributed by atoms with van der Waals surface area (Å²) in [5.74, 6) is 0.637. The van der Waals surface area contributed by atoms with Gasteiger partial charge in [0.05, 0.1) is 29.0 Å². The molecule has 0 aliphatic carbocycles. The highest BCUT2D eigenvalue weighted by Crippen LogP contribution is 2.41. The van der Waals surface area contributed by atoms with Crippen molar-refractivity contribution in [2.45, 2.75) is 40.7 Å². The minimum atomic E-state index is -0.301. The van der Waals surface area contributed by atoms with Gasteiger partial charge in [0.25, 0.3) is 5.91 Å². The molecule has 0 unspecified atom stereocenters. The number of carbonyl (C=O) groups is 1. The van der Waals surface area contributed by atoms with Gasteiger partial charge in [-0.05, 0) is 43.0 Å². The molecular weight excluding hydrogens is 454 g/mol. The second kappa shape index (κ2) is 9.52. The first-order valence-electron chi connectivity index (χ1n) is 10.6. The molecule has 9 heteroatoms. The van der Waals surface area contributed by atoms with Gasteiger partial charge in [-0.25, -0.2) is 0 Å². The average molecular weight is 486 g/mol. The number of benzene rings is 1. The predicted octanol–water partition coefficient (Wildman–Crippen LogP) is 6.29. The van der Waals surface area contributed by atoms with Gasteiger partial charge in [0, 0.05) is 23.8 Å². The number of phenols is 1. The molecular formula is C24H31N5O2S2. The van der Waals surface area contributed by atoms with Gasteiger partial charge in [0.15, 0.2) is 17.4 Å². The van der Waals surface area contributed by atoms with Gasteiger partial charge >= 0.3 is 0 Å². The Morgan fingerprint density at radius 2 is 1.82 bits per heavy atom. The number of aromatic hydroxyl groups is 1. The number of nitrogens with one attached hydrogen (secondary N) is 2. The number of thiophene rings is 1. The lowest BCUT2D eigenvalue weighted by molar-refractivity contribution is 0.0824. The summed E-state index contributed by atoms with van der Waals surface area (Å²) in [4.78, 5) is 16.7. The lowest BCUT2D eigenvalue weighted by Crippen LogP contribution is -2.25. The number of aromatic nitrogens is 2. The Morgan fingerprint density at radius 3 is 2.36 bits per heavy atom. The zero-order valence-corrected chi connectivity index (χ0v) is 21.7. The Labute approximate surface area is 203 Å². The summed E-state index contributed by atoms with van der Waals surface area (Å²) in [6, 6.07) is 7.77. The molecule has 3 rings (SSSR count). The number of aryl methyl sites for hydroxylation is 1. The predicted molar refractivity (Wildman–Crippen MR) is 139 cm³/mol. The maximum absolute atomic E-state index is 12.8. The van der Waals surface area contributed by atoms with Crippen LogP contribution in [0.25, 0.3) is 5.57 Å². The van der Waals surface area contributed by atoms with Crippen LogP contribution in [0.2, 0.25) is 0 Å². The van der Waals surface area contributed by atoms with Crippen molar-refractivity contribution >= 4 is 51.9 Å². The molecule has 0 radical (unpaired) electrons. The van der Waals surface area contributed by atoms with Crippen molar-refractivity contribution in [2.24, 2.45) is 5.41 Å². The van der Waals surface area contributed by atoms with Crippen molar-refractivity contribution in [1.29, 1.82) is 0 Å². The van der Waals surface area contributed by atoms with E-state index in [0.29, 0.717) is 28.5 Å². The highest BCUT2D eigenvalue weighted by Gasteiger charge is 2.29. The highest BCUT2D eigenvalue weighted by molar-refractivity contribution is 7.12. The topological polar surface area (TPSA) is 90.4 Å². The number of carbonyl (C=O) groups excluding carboxylic acids is 1. The fourth-order valence-corrected chi connectivity index (χ4v) is 5.09. The summed E-state index contributed by atoms with van der Waals surface area (Å²) in [6.07, 6.45) is 0. The van der Waals surface area contributed by atoms with E-state index in [-0.39, 0.29) is 28.7 Å². The Bertz CT molecular complexity index is 1170. The van der Waals surface area contributed by atoms with Gasteiger partial charge < -0.3 is 20.6 Å².